The maximum atomic E-state index is 13.3. The predicted octanol–water partition coefficient (Wildman–Crippen LogP) is 2.16. The van der Waals surface area contributed by atoms with Crippen molar-refractivity contribution in [2.45, 2.75) is 22.8 Å². The van der Waals surface area contributed by atoms with Crippen LogP contribution in [0.2, 0.25) is 0 Å². The fourth-order valence-corrected chi connectivity index (χ4v) is 4.82. The summed E-state index contributed by atoms with van der Waals surface area (Å²) in [5.41, 5.74) is 6.57. The maximum Gasteiger partial charge on any atom is 0.227 e. The zero-order valence-electron chi connectivity index (χ0n) is 15.2. The van der Waals surface area contributed by atoms with E-state index in [1.54, 1.807) is 48.5 Å². The lowest BCUT2D eigenvalue weighted by Crippen LogP contribution is -2.39. The van der Waals surface area contributed by atoms with Crippen molar-refractivity contribution < 1.29 is 13.2 Å². The van der Waals surface area contributed by atoms with Crippen LogP contribution in [0.1, 0.15) is 12.8 Å². The average molecular weight is 396 g/mol. The van der Waals surface area contributed by atoms with Crippen LogP contribution in [-0.4, -0.2) is 37.4 Å². The number of hydrogen-bond acceptors (Lipinski definition) is 6. The van der Waals surface area contributed by atoms with Gasteiger partial charge in [0.2, 0.25) is 20.8 Å². The summed E-state index contributed by atoms with van der Waals surface area (Å²) < 4.78 is 26.6. The van der Waals surface area contributed by atoms with Gasteiger partial charge < -0.3 is 10.6 Å². The molecule has 1 aliphatic rings. The Labute approximate surface area is 163 Å². The zero-order valence-corrected chi connectivity index (χ0v) is 16.0. The number of benzene rings is 2. The van der Waals surface area contributed by atoms with Gasteiger partial charge in [-0.3, -0.25) is 4.79 Å². The number of sulfone groups is 1. The minimum Gasteiger partial charge on any atom is -0.369 e. The van der Waals surface area contributed by atoms with Crippen LogP contribution in [0.4, 0.5) is 5.82 Å². The molecule has 144 valence electrons. The fraction of sp³-hybridized carbons (Fsp3) is 0.250. The Bertz CT molecular complexity index is 1120. The van der Waals surface area contributed by atoms with E-state index >= 15 is 0 Å². The molecule has 0 aliphatic carbocycles. The van der Waals surface area contributed by atoms with E-state index in [1.807, 2.05) is 11.0 Å². The van der Waals surface area contributed by atoms with Crippen LogP contribution in [-0.2, 0) is 14.6 Å². The van der Waals surface area contributed by atoms with E-state index in [1.165, 1.54) is 0 Å². The second kappa shape index (κ2) is 7.20. The number of hydrogen-bond donors (Lipinski definition) is 1. The lowest BCUT2D eigenvalue weighted by Gasteiger charge is -2.32. The zero-order chi connectivity index (χ0) is 19.7. The Kier molecular flexibility index (Phi) is 4.72. The Hall–Kier alpha value is -3.00. The van der Waals surface area contributed by atoms with Gasteiger partial charge in [0, 0.05) is 19.0 Å². The summed E-state index contributed by atoms with van der Waals surface area (Å²) in [5, 5.41) is -0.0603. The number of carbonyl (C=O) groups is 1. The number of rotatable bonds is 4. The molecule has 0 unspecified atom stereocenters. The summed E-state index contributed by atoms with van der Waals surface area (Å²) in [6, 6.07) is 15.4. The number of carbonyl (C=O) groups excluding carboxylic acids is 1. The smallest absolute Gasteiger partial charge is 0.227 e. The van der Waals surface area contributed by atoms with Crippen LogP contribution in [0, 0.1) is 5.92 Å². The normalized spacial score (nSPS) is 15.6. The van der Waals surface area contributed by atoms with Crippen molar-refractivity contribution in [1.82, 2.24) is 9.97 Å². The molecule has 8 heteroatoms. The van der Waals surface area contributed by atoms with E-state index in [0.717, 1.165) is 0 Å². The van der Waals surface area contributed by atoms with E-state index in [9.17, 15) is 13.2 Å². The lowest BCUT2D eigenvalue weighted by atomic mass is 9.96. The summed E-state index contributed by atoms with van der Waals surface area (Å²) in [6.07, 6.45) is 1.13. The van der Waals surface area contributed by atoms with Gasteiger partial charge >= 0.3 is 0 Å². The third kappa shape index (κ3) is 3.31. The summed E-state index contributed by atoms with van der Waals surface area (Å²) in [7, 11) is -3.85. The molecule has 0 atom stereocenters. The van der Waals surface area contributed by atoms with Crippen molar-refractivity contribution in [2.24, 2.45) is 11.7 Å². The highest BCUT2D eigenvalue weighted by Gasteiger charge is 2.31. The van der Waals surface area contributed by atoms with E-state index in [0.29, 0.717) is 42.8 Å². The first-order valence-corrected chi connectivity index (χ1v) is 10.6. The molecule has 0 radical (unpaired) electrons. The molecule has 2 heterocycles. The molecule has 4 rings (SSSR count). The standard InChI is InChI=1S/C20H20N4O3S/c21-18(25)14-10-12-24(13-11-14)19-20(23-17-9-5-4-8-16(17)22-19)28(26,27)15-6-2-1-3-7-15/h1-9,14H,10-13H2,(H2,21,25). The predicted molar refractivity (Wildman–Crippen MR) is 106 cm³/mol. The molecule has 1 aliphatic heterocycles. The van der Waals surface area contributed by atoms with Gasteiger partial charge in [-0.2, -0.15) is 0 Å². The van der Waals surface area contributed by atoms with Gasteiger partial charge in [0.05, 0.1) is 15.9 Å². The fourth-order valence-electron chi connectivity index (χ4n) is 3.45. The molecule has 1 saturated heterocycles. The molecular weight excluding hydrogens is 376 g/mol. The monoisotopic (exact) mass is 396 g/mol. The van der Waals surface area contributed by atoms with Crippen LogP contribution in [0.5, 0.6) is 0 Å². The molecule has 3 aromatic rings. The Morgan fingerprint density at radius 2 is 1.50 bits per heavy atom. The number of amides is 1. The van der Waals surface area contributed by atoms with Gasteiger partial charge in [0.15, 0.2) is 5.82 Å². The van der Waals surface area contributed by atoms with Gasteiger partial charge in [0.1, 0.15) is 0 Å². The van der Waals surface area contributed by atoms with Crippen molar-refractivity contribution in [1.29, 1.82) is 0 Å². The number of primary amides is 1. The van der Waals surface area contributed by atoms with Crippen molar-refractivity contribution in [2.75, 3.05) is 18.0 Å². The molecule has 2 aromatic carbocycles. The van der Waals surface area contributed by atoms with E-state index in [-0.39, 0.29) is 21.7 Å². The summed E-state index contributed by atoms with van der Waals surface area (Å²) in [4.78, 5) is 22.6. The average Bonchev–Trinajstić information content (AvgIpc) is 2.73. The molecule has 1 aromatic heterocycles. The van der Waals surface area contributed by atoms with Crippen molar-refractivity contribution in [3.05, 3.63) is 54.6 Å². The quantitative estimate of drug-likeness (QED) is 0.724. The van der Waals surface area contributed by atoms with Gasteiger partial charge in [-0.05, 0) is 37.1 Å². The third-order valence-electron chi connectivity index (χ3n) is 5.03. The van der Waals surface area contributed by atoms with Gasteiger partial charge in [-0.1, -0.05) is 30.3 Å². The molecule has 0 saturated carbocycles. The molecule has 0 bridgehead atoms. The first-order valence-electron chi connectivity index (χ1n) is 9.08. The van der Waals surface area contributed by atoms with Gasteiger partial charge in [-0.25, -0.2) is 18.4 Å². The number of aromatic nitrogens is 2. The highest BCUT2D eigenvalue weighted by molar-refractivity contribution is 7.91. The number of fused-ring (bicyclic) bond motifs is 1. The number of nitrogens with two attached hydrogens (primary N) is 1. The van der Waals surface area contributed by atoms with Crippen LogP contribution in [0.15, 0.2) is 64.5 Å². The first-order chi connectivity index (χ1) is 13.5. The van der Waals surface area contributed by atoms with Crippen LogP contribution in [0.25, 0.3) is 11.0 Å². The SMILES string of the molecule is NC(=O)C1CCN(c2nc3ccccc3nc2S(=O)(=O)c2ccccc2)CC1. The van der Waals surface area contributed by atoms with E-state index < -0.39 is 9.84 Å². The molecule has 7 nitrogen and oxygen atoms in total. The minimum absolute atomic E-state index is 0.0603. The van der Waals surface area contributed by atoms with Crippen LogP contribution in [0.3, 0.4) is 0 Å². The Morgan fingerprint density at radius 3 is 2.11 bits per heavy atom. The number of anilines is 1. The highest BCUT2D eigenvalue weighted by atomic mass is 32.2. The molecule has 28 heavy (non-hydrogen) atoms. The maximum absolute atomic E-state index is 13.3. The Balaban J connectivity index is 1.83. The van der Waals surface area contributed by atoms with Crippen LogP contribution >= 0.6 is 0 Å². The summed E-state index contributed by atoms with van der Waals surface area (Å²) >= 11 is 0. The molecule has 1 amide bonds. The van der Waals surface area contributed by atoms with Crippen molar-refractivity contribution in [3.8, 4) is 0 Å². The first kappa shape index (κ1) is 18.4. The van der Waals surface area contributed by atoms with Crippen molar-refractivity contribution >= 4 is 32.6 Å². The van der Waals surface area contributed by atoms with Gasteiger partial charge in [0.25, 0.3) is 0 Å². The van der Waals surface area contributed by atoms with Crippen molar-refractivity contribution in [3.63, 3.8) is 0 Å². The highest BCUT2D eigenvalue weighted by Crippen LogP contribution is 2.31. The topological polar surface area (TPSA) is 106 Å². The number of nitrogens with zero attached hydrogens (tertiary/aromatic N) is 3. The summed E-state index contributed by atoms with van der Waals surface area (Å²) in [6.45, 7) is 0.996. The summed E-state index contributed by atoms with van der Waals surface area (Å²) in [5.74, 6) is -0.189. The molecule has 2 N–H and O–H groups in total. The lowest BCUT2D eigenvalue weighted by molar-refractivity contribution is -0.122. The van der Waals surface area contributed by atoms with Crippen LogP contribution < -0.4 is 10.6 Å². The third-order valence-corrected chi connectivity index (χ3v) is 6.70. The number of piperidine rings is 1. The Morgan fingerprint density at radius 1 is 0.929 bits per heavy atom. The molecule has 0 spiro atoms. The minimum atomic E-state index is -3.85. The molecular formula is C20H20N4O3S. The van der Waals surface area contributed by atoms with E-state index in [4.69, 9.17) is 5.73 Å². The molecule has 1 fully saturated rings. The number of para-hydroxylation sites is 2. The van der Waals surface area contributed by atoms with E-state index in [2.05, 4.69) is 9.97 Å². The van der Waals surface area contributed by atoms with Gasteiger partial charge in [-0.15, -0.1) is 0 Å². The largest absolute Gasteiger partial charge is 0.369 e. The second-order valence-electron chi connectivity index (χ2n) is 6.82. The second-order valence-corrected chi connectivity index (χ2v) is 8.69.